The Morgan fingerprint density at radius 2 is 1.79 bits per heavy atom. The number of piperidine rings is 1. The summed E-state index contributed by atoms with van der Waals surface area (Å²) in [7, 11) is 1.55. The maximum atomic E-state index is 13.6. The Morgan fingerprint density at radius 1 is 0.952 bits per heavy atom. The topological polar surface area (TPSA) is 106 Å². The Hall–Kier alpha value is -4.44. The fraction of sp³-hybridized carbons (Fsp3) is 0.250. The number of carbonyl (C=O) groups is 2. The van der Waals surface area contributed by atoms with Gasteiger partial charge in [0.2, 0.25) is 0 Å². The average molecular weight is 629 g/mol. The number of nitrogens with zero attached hydrogens (tertiary/aromatic N) is 3. The van der Waals surface area contributed by atoms with Gasteiger partial charge in [0.05, 0.1) is 24.0 Å². The van der Waals surface area contributed by atoms with Crippen LogP contribution in [0.1, 0.15) is 44.4 Å². The lowest BCUT2D eigenvalue weighted by molar-refractivity contribution is 0.101. The van der Waals surface area contributed by atoms with Crippen molar-refractivity contribution >= 4 is 44.9 Å². The molecule has 0 unspecified atom stereocenters. The van der Waals surface area contributed by atoms with E-state index >= 15 is 0 Å². The van der Waals surface area contributed by atoms with Crippen LogP contribution in [0, 0.1) is 12.8 Å². The van der Waals surface area contributed by atoms with Crippen LogP contribution in [0.5, 0.6) is 5.75 Å². The molecule has 10 heteroatoms. The largest absolute Gasteiger partial charge is 0.497 e. The van der Waals surface area contributed by atoms with Gasteiger partial charge >= 0.3 is 0 Å². The van der Waals surface area contributed by atoms with Crippen LogP contribution in [0.15, 0.2) is 82.1 Å². The second kappa shape index (κ2) is 11.4. The number of benzene rings is 2. The quantitative estimate of drug-likeness (QED) is 0.294. The van der Waals surface area contributed by atoms with E-state index in [1.54, 1.807) is 49.6 Å². The summed E-state index contributed by atoms with van der Waals surface area (Å²) in [4.78, 5) is 46.0. The van der Waals surface area contributed by atoms with Crippen molar-refractivity contribution in [2.75, 3.05) is 35.7 Å². The minimum absolute atomic E-state index is 0.0333. The molecule has 0 spiro atoms. The third kappa shape index (κ3) is 5.54. The molecule has 2 atom stereocenters. The number of rotatable bonds is 6. The molecule has 2 N–H and O–H groups in total. The van der Waals surface area contributed by atoms with Crippen molar-refractivity contribution in [3.8, 4) is 5.75 Å². The molecule has 4 aromatic rings. The van der Waals surface area contributed by atoms with Crippen molar-refractivity contribution in [3.05, 3.63) is 110 Å². The first kappa shape index (κ1) is 27.7. The normalized spacial score (nSPS) is 17.3. The third-order valence-corrected chi connectivity index (χ3v) is 8.57. The Balaban J connectivity index is 1.35. The summed E-state index contributed by atoms with van der Waals surface area (Å²) >= 11 is 3.48. The molecular formula is C32H30BrN5O4. The van der Waals surface area contributed by atoms with Crippen molar-refractivity contribution in [3.63, 3.8) is 0 Å². The van der Waals surface area contributed by atoms with Crippen LogP contribution in [0.3, 0.4) is 0 Å². The van der Waals surface area contributed by atoms with Crippen molar-refractivity contribution in [2.24, 2.45) is 5.92 Å². The SMILES string of the molecule is COc1ccc(Br)c(C(=O)Nc2cc(C(=O)Nc3cccc(C)n3)ccc2N2C[C@H]3C[C@@H](C2)c2cccc(=O)n2C3)c1. The van der Waals surface area contributed by atoms with Gasteiger partial charge < -0.3 is 24.8 Å². The number of ether oxygens (including phenoxy) is 1. The van der Waals surface area contributed by atoms with Crippen molar-refractivity contribution in [1.29, 1.82) is 0 Å². The first-order valence-corrected chi connectivity index (χ1v) is 14.6. The van der Waals surface area contributed by atoms with Gasteiger partial charge in [-0.2, -0.15) is 0 Å². The third-order valence-electron chi connectivity index (χ3n) is 7.88. The minimum Gasteiger partial charge on any atom is -0.497 e. The molecule has 0 aliphatic carbocycles. The van der Waals surface area contributed by atoms with E-state index in [9.17, 15) is 14.4 Å². The number of fused-ring (bicyclic) bond motifs is 4. The number of hydrogen-bond acceptors (Lipinski definition) is 6. The maximum Gasteiger partial charge on any atom is 0.257 e. The molecule has 2 aliphatic heterocycles. The van der Waals surface area contributed by atoms with Crippen LogP contribution in [0.2, 0.25) is 0 Å². The van der Waals surface area contributed by atoms with Crippen LogP contribution >= 0.6 is 15.9 Å². The summed E-state index contributed by atoms with van der Waals surface area (Å²) in [5.74, 6) is 0.795. The number of pyridine rings is 2. The van der Waals surface area contributed by atoms with Crippen molar-refractivity contribution in [1.82, 2.24) is 9.55 Å². The van der Waals surface area contributed by atoms with Crippen LogP contribution in [0.4, 0.5) is 17.2 Å². The average Bonchev–Trinajstić information content (AvgIpc) is 2.98. The van der Waals surface area contributed by atoms with Crippen molar-refractivity contribution in [2.45, 2.75) is 25.8 Å². The number of nitrogens with one attached hydrogen (secondary N) is 2. The highest BCUT2D eigenvalue weighted by molar-refractivity contribution is 9.10. The maximum absolute atomic E-state index is 13.6. The van der Waals surface area contributed by atoms with E-state index < -0.39 is 0 Å². The first-order chi connectivity index (χ1) is 20.3. The van der Waals surface area contributed by atoms with Crippen molar-refractivity contribution < 1.29 is 14.3 Å². The molecule has 9 nitrogen and oxygen atoms in total. The fourth-order valence-corrected chi connectivity index (χ4v) is 6.37. The van der Waals surface area contributed by atoms with Gasteiger partial charge in [-0.15, -0.1) is 0 Å². The molecule has 6 rings (SSSR count). The lowest BCUT2D eigenvalue weighted by atomic mass is 9.83. The van der Waals surface area contributed by atoms with Gasteiger partial charge in [0.1, 0.15) is 11.6 Å². The molecule has 2 bridgehead atoms. The zero-order valence-corrected chi connectivity index (χ0v) is 24.8. The number of aryl methyl sites for hydroxylation is 1. The first-order valence-electron chi connectivity index (χ1n) is 13.8. The number of halogens is 1. The predicted molar refractivity (Wildman–Crippen MR) is 166 cm³/mol. The number of hydrogen-bond donors (Lipinski definition) is 2. The molecule has 0 radical (unpaired) electrons. The molecule has 214 valence electrons. The molecule has 0 saturated carbocycles. The summed E-state index contributed by atoms with van der Waals surface area (Å²) < 4.78 is 7.85. The molecule has 2 aliphatic rings. The zero-order valence-electron chi connectivity index (χ0n) is 23.3. The lowest BCUT2D eigenvalue weighted by Gasteiger charge is -2.44. The molecule has 2 amide bonds. The highest BCUT2D eigenvalue weighted by Crippen LogP contribution is 2.39. The smallest absolute Gasteiger partial charge is 0.257 e. The van der Waals surface area contributed by atoms with Crippen LogP contribution in [0.25, 0.3) is 0 Å². The Bertz CT molecular complexity index is 1750. The Kier molecular flexibility index (Phi) is 7.55. The van der Waals surface area contributed by atoms with Gasteiger partial charge in [-0.05, 0) is 89.8 Å². The molecule has 2 aromatic carbocycles. The van der Waals surface area contributed by atoms with Crippen LogP contribution in [-0.4, -0.2) is 41.6 Å². The number of aromatic nitrogens is 2. The van der Waals surface area contributed by atoms with Gasteiger partial charge in [-0.3, -0.25) is 14.4 Å². The summed E-state index contributed by atoms with van der Waals surface area (Å²) in [6, 6.07) is 21.4. The summed E-state index contributed by atoms with van der Waals surface area (Å²) in [6.45, 7) is 3.92. The molecule has 1 fully saturated rings. The van der Waals surface area contributed by atoms with Gasteiger partial charge in [0.25, 0.3) is 17.4 Å². The van der Waals surface area contributed by atoms with Crippen LogP contribution < -0.4 is 25.8 Å². The summed E-state index contributed by atoms with van der Waals surface area (Å²) in [6.07, 6.45) is 1.00. The van der Waals surface area contributed by atoms with E-state index in [4.69, 9.17) is 4.74 Å². The van der Waals surface area contributed by atoms with Gasteiger partial charge in [0, 0.05) is 53.0 Å². The number of amides is 2. The van der Waals surface area contributed by atoms with E-state index in [1.807, 2.05) is 41.8 Å². The Labute approximate surface area is 251 Å². The number of methoxy groups -OCH3 is 1. The van der Waals surface area contributed by atoms with E-state index in [-0.39, 0.29) is 29.2 Å². The fourth-order valence-electron chi connectivity index (χ4n) is 5.94. The molecule has 1 saturated heterocycles. The standard InChI is InChI=1S/C32H30BrN5O4/c1-19-5-3-7-29(34-19)36-31(40)21-9-12-28(26(14-21)35-32(41)24-15-23(42-2)10-11-25(24)33)37-16-20-13-22(18-37)27-6-4-8-30(39)38(27)17-20/h3-12,14-15,20,22H,13,16-18H2,1-2H3,(H,35,41)(H,34,36,40)/t20-,22+/m1/s1. The summed E-state index contributed by atoms with van der Waals surface area (Å²) in [5, 5.41) is 5.91. The minimum atomic E-state index is -0.339. The van der Waals surface area contributed by atoms with E-state index in [0.29, 0.717) is 45.9 Å². The highest BCUT2D eigenvalue weighted by Gasteiger charge is 2.35. The zero-order chi connectivity index (χ0) is 29.4. The molecule has 4 heterocycles. The molecule has 2 aromatic heterocycles. The molecular weight excluding hydrogens is 598 g/mol. The monoisotopic (exact) mass is 627 g/mol. The molecule has 42 heavy (non-hydrogen) atoms. The van der Waals surface area contributed by atoms with Gasteiger partial charge in [0.15, 0.2) is 0 Å². The van der Waals surface area contributed by atoms with Gasteiger partial charge in [-0.25, -0.2) is 4.98 Å². The second-order valence-corrected chi connectivity index (χ2v) is 11.6. The van der Waals surface area contributed by atoms with E-state index in [0.717, 1.165) is 30.0 Å². The van der Waals surface area contributed by atoms with E-state index in [1.165, 1.54) is 0 Å². The highest BCUT2D eigenvalue weighted by atomic mass is 79.9. The number of carbonyl (C=O) groups excluding carboxylic acids is 2. The van der Waals surface area contributed by atoms with E-state index in [2.05, 4.69) is 36.4 Å². The predicted octanol–water partition coefficient (Wildman–Crippen LogP) is 5.45. The number of anilines is 3. The second-order valence-electron chi connectivity index (χ2n) is 10.8. The Morgan fingerprint density at radius 3 is 2.60 bits per heavy atom. The van der Waals surface area contributed by atoms with Crippen LogP contribution in [-0.2, 0) is 6.54 Å². The lowest BCUT2D eigenvalue weighted by Crippen LogP contribution is -2.47. The van der Waals surface area contributed by atoms with Gasteiger partial charge in [-0.1, -0.05) is 12.1 Å². The summed E-state index contributed by atoms with van der Waals surface area (Å²) in [5.41, 5.74) is 3.99.